The van der Waals surface area contributed by atoms with Gasteiger partial charge in [0.15, 0.2) is 24.5 Å². The minimum atomic E-state index is -1.72. The number of ether oxygens (including phenoxy) is 6. The predicted molar refractivity (Wildman–Crippen MR) is 397 cm³/mol. The standard InChI is InChI=1S/C81H150N2O17/c1-7-13-19-25-31-34-40-43-49-55-66(95-73(87)58-52-46-37-28-22-16-10-4)61-71(85)82-69(80(91)92)65-94-81-77(83-72(86)62-67(56-50-44-41-35-32-26-20-14-8-2)96-74(88)59-53-47-38-29-23-17-11-5)79(78(100-93)70(64-84)98-81)99-76(90)63-68(57-51-45-42-36-33-27-21-15-9-3)97-75(89)60-54-48-39-30-24-18-12-6/h66-70,77-79,81,84,93H,7-65H2,1-6H3,(H,82,85)(H,83,86)(H,91,92)/t66-,67-,68-,69-,70?,77?,78-,79-,81-/m1/s1. The van der Waals surface area contributed by atoms with E-state index in [0.29, 0.717) is 57.8 Å². The Hall–Kier alpha value is -3.91. The van der Waals surface area contributed by atoms with Crippen molar-refractivity contribution in [3.05, 3.63) is 0 Å². The highest BCUT2D eigenvalue weighted by Crippen LogP contribution is 2.29. The molecule has 100 heavy (non-hydrogen) atoms. The van der Waals surface area contributed by atoms with Crippen LogP contribution in [-0.4, -0.2) is 125 Å². The van der Waals surface area contributed by atoms with Crippen molar-refractivity contribution in [2.45, 2.75) is 463 Å². The van der Waals surface area contributed by atoms with Crippen LogP contribution >= 0.6 is 0 Å². The third-order valence-electron chi connectivity index (χ3n) is 19.6. The van der Waals surface area contributed by atoms with E-state index in [-0.39, 0.29) is 32.1 Å². The minimum Gasteiger partial charge on any atom is -0.480 e. The Morgan fingerprint density at radius 3 is 0.990 bits per heavy atom. The van der Waals surface area contributed by atoms with Gasteiger partial charge >= 0.3 is 29.8 Å². The number of rotatable bonds is 72. The van der Waals surface area contributed by atoms with E-state index in [0.717, 1.165) is 173 Å². The first-order valence-corrected chi connectivity index (χ1v) is 41.5. The summed E-state index contributed by atoms with van der Waals surface area (Å²) < 4.78 is 36.7. The van der Waals surface area contributed by atoms with Crippen molar-refractivity contribution in [3.63, 3.8) is 0 Å². The van der Waals surface area contributed by atoms with Crippen LogP contribution in [0.5, 0.6) is 0 Å². The largest absolute Gasteiger partial charge is 0.480 e. The number of carbonyl (C=O) groups is 7. The lowest BCUT2D eigenvalue weighted by atomic mass is 9.95. The molecule has 2 amide bonds. The van der Waals surface area contributed by atoms with Gasteiger partial charge in [-0.1, -0.05) is 311 Å². The molecular formula is C81H150N2O17. The van der Waals surface area contributed by atoms with E-state index >= 15 is 0 Å². The van der Waals surface area contributed by atoms with E-state index in [9.17, 15) is 49.0 Å². The maximum atomic E-state index is 14.7. The Kier molecular flexibility index (Phi) is 63.0. The number of hydrogen-bond acceptors (Lipinski definition) is 16. The maximum absolute atomic E-state index is 14.7. The Labute approximate surface area is 607 Å². The van der Waals surface area contributed by atoms with Crippen LogP contribution in [0.25, 0.3) is 0 Å². The smallest absolute Gasteiger partial charge is 0.328 e. The van der Waals surface area contributed by atoms with Gasteiger partial charge in [-0.3, -0.25) is 34.0 Å². The second-order valence-electron chi connectivity index (χ2n) is 29.0. The van der Waals surface area contributed by atoms with Crippen LogP contribution in [-0.2, 0) is 66.9 Å². The van der Waals surface area contributed by atoms with Gasteiger partial charge in [0.05, 0.1) is 32.5 Å². The highest BCUT2D eigenvalue weighted by molar-refractivity contribution is 5.84. The van der Waals surface area contributed by atoms with Crippen LogP contribution in [0.4, 0.5) is 0 Å². The second kappa shape index (κ2) is 67.0. The molecule has 0 spiro atoms. The summed E-state index contributed by atoms with van der Waals surface area (Å²) in [6.45, 7) is 11.5. The van der Waals surface area contributed by atoms with Crippen molar-refractivity contribution in [2.75, 3.05) is 13.2 Å². The first-order valence-electron chi connectivity index (χ1n) is 41.5. The summed E-state index contributed by atoms with van der Waals surface area (Å²) in [6.07, 6.45) is 41.5. The Morgan fingerprint density at radius 1 is 0.380 bits per heavy atom. The van der Waals surface area contributed by atoms with Gasteiger partial charge in [-0.25, -0.2) is 9.68 Å². The number of amides is 2. The number of hydrogen-bond donors (Lipinski definition) is 5. The molecule has 19 nitrogen and oxygen atoms in total. The lowest BCUT2D eigenvalue weighted by Crippen LogP contribution is -2.66. The van der Waals surface area contributed by atoms with Gasteiger partial charge in [-0.2, -0.15) is 0 Å². The van der Waals surface area contributed by atoms with E-state index in [4.69, 9.17) is 33.3 Å². The molecule has 0 radical (unpaired) electrons. The molecule has 0 bridgehead atoms. The van der Waals surface area contributed by atoms with E-state index < -0.39 is 116 Å². The quantitative estimate of drug-likeness (QED) is 0.0124. The third-order valence-corrected chi connectivity index (χ3v) is 19.6. The summed E-state index contributed by atoms with van der Waals surface area (Å²) >= 11 is 0. The highest BCUT2D eigenvalue weighted by atomic mass is 17.1. The van der Waals surface area contributed by atoms with Gasteiger partial charge in [-0.15, -0.1) is 0 Å². The molecule has 1 heterocycles. The SMILES string of the molecule is CCCCCCCCCCC[C@H](CC(=O)NC1[C@H](OC[C@@H](NC(=O)C[C@@H](CCCCCCCCCCC)OC(=O)CCCCCCCCC)C(=O)O)OC(CO)[C@@H](OO)[C@@H]1OC(=O)C[C@@H](CCCCCCCCCCC)OC(=O)CCCCCCCCC)OC(=O)CCCCCCCCC. The van der Waals surface area contributed by atoms with Gasteiger partial charge in [0.25, 0.3) is 0 Å². The monoisotopic (exact) mass is 1420 g/mol. The molecule has 1 aliphatic heterocycles. The van der Waals surface area contributed by atoms with Gasteiger partial charge < -0.3 is 49.3 Å². The molecule has 1 fully saturated rings. The number of aliphatic hydroxyl groups is 1. The lowest BCUT2D eigenvalue weighted by Gasteiger charge is -2.44. The van der Waals surface area contributed by atoms with Crippen molar-refractivity contribution in [2.24, 2.45) is 0 Å². The van der Waals surface area contributed by atoms with Crippen molar-refractivity contribution < 1.29 is 82.3 Å². The van der Waals surface area contributed by atoms with E-state index in [1.807, 2.05) is 0 Å². The Balaban J connectivity index is 3.71. The zero-order valence-electron chi connectivity index (χ0n) is 64.5. The number of carboxylic acid groups (broad SMARTS) is 1. The molecule has 1 aliphatic rings. The lowest BCUT2D eigenvalue weighted by molar-refractivity contribution is -0.362. The highest BCUT2D eigenvalue weighted by Gasteiger charge is 2.51. The van der Waals surface area contributed by atoms with Crippen LogP contribution in [0.1, 0.15) is 408 Å². The fourth-order valence-corrected chi connectivity index (χ4v) is 13.3. The molecule has 5 N–H and O–H groups in total. The van der Waals surface area contributed by atoms with Crippen molar-refractivity contribution in [1.29, 1.82) is 0 Å². The molecule has 0 saturated carbocycles. The van der Waals surface area contributed by atoms with E-state index in [1.165, 1.54) is 96.3 Å². The van der Waals surface area contributed by atoms with Crippen LogP contribution in [0.3, 0.4) is 0 Å². The minimum absolute atomic E-state index is 0.182. The molecule has 0 aliphatic carbocycles. The van der Waals surface area contributed by atoms with Gasteiger partial charge in [0, 0.05) is 19.3 Å². The van der Waals surface area contributed by atoms with Gasteiger partial charge in [-0.05, 0) is 57.8 Å². The molecule has 0 aromatic rings. The third kappa shape index (κ3) is 52.1. The Morgan fingerprint density at radius 2 is 0.680 bits per heavy atom. The molecule has 0 aromatic heterocycles. The first-order chi connectivity index (χ1) is 48.7. The van der Waals surface area contributed by atoms with Crippen molar-refractivity contribution in [1.82, 2.24) is 10.6 Å². The van der Waals surface area contributed by atoms with E-state index in [2.05, 4.69) is 52.2 Å². The molecule has 2 unspecified atom stereocenters. The van der Waals surface area contributed by atoms with Crippen molar-refractivity contribution in [3.8, 4) is 0 Å². The van der Waals surface area contributed by atoms with Crippen LogP contribution in [0.2, 0.25) is 0 Å². The summed E-state index contributed by atoms with van der Waals surface area (Å²) in [5.41, 5.74) is 0. The van der Waals surface area contributed by atoms with Gasteiger partial charge in [0.2, 0.25) is 11.8 Å². The summed E-state index contributed by atoms with van der Waals surface area (Å²) in [5.74, 6) is -5.02. The number of carbonyl (C=O) groups excluding carboxylic acids is 6. The summed E-state index contributed by atoms with van der Waals surface area (Å²) in [7, 11) is 0. The predicted octanol–water partition coefficient (Wildman–Crippen LogP) is 19.6. The fraction of sp³-hybridized carbons (Fsp3) is 0.914. The maximum Gasteiger partial charge on any atom is 0.328 e. The zero-order valence-corrected chi connectivity index (χ0v) is 64.5. The molecule has 1 saturated heterocycles. The molecule has 9 atom stereocenters. The number of esters is 4. The van der Waals surface area contributed by atoms with Crippen LogP contribution < -0.4 is 10.6 Å². The average molecular weight is 1420 g/mol. The summed E-state index contributed by atoms with van der Waals surface area (Å²) in [5, 5.41) is 37.6. The number of aliphatic hydroxyl groups excluding tert-OH is 1. The number of unbranched alkanes of at least 4 members (excludes halogenated alkanes) is 42. The zero-order chi connectivity index (χ0) is 73.3. The van der Waals surface area contributed by atoms with E-state index in [1.54, 1.807) is 0 Å². The topological polar surface area (TPSA) is 269 Å². The second-order valence-corrected chi connectivity index (χ2v) is 29.0. The van der Waals surface area contributed by atoms with Crippen LogP contribution in [0, 0.1) is 0 Å². The number of nitrogens with one attached hydrogen (secondary N) is 2. The average Bonchev–Trinajstić information content (AvgIpc) is 0.788. The first kappa shape index (κ1) is 94.1. The number of aliphatic carboxylic acids is 1. The fourth-order valence-electron chi connectivity index (χ4n) is 13.3. The molecule has 19 heteroatoms. The summed E-state index contributed by atoms with van der Waals surface area (Å²) in [4.78, 5) is 102. The molecule has 0 aromatic carbocycles. The molecule has 586 valence electrons. The normalized spacial score (nSPS) is 17.3. The summed E-state index contributed by atoms with van der Waals surface area (Å²) in [6, 6.07) is -3.30. The number of carboxylic acids is 1. The molecular weight excluding hydrogens is 1270 g/mol. The molecule has 1 rings (SSSR count). The Bertz CT molecular complexity index is 2000. The van der Waals surface area contributed by atoms with Gasteiger partial charge in [0.1, 0.15) is 30.5 Å². The van der Waals surface area contributed by atoms with Crippen LogP contribution in [0.15, 0.2) is 0 Å². The van der Waals surface area contributed by atoms with Crippen molar-refractivity contribution >= 4 is 41.7 Å².